The van der Waals surface area contributed by atoms with Gasteiger partial charge in [-0.1, -0.05) is 0 Å². The molecule has 0 aliphatic carbocycles. The number of rotatable bonds is 2. The number of hydrogen-bond donors (Lipinski definition) is 4. The molecule has 0 aliphatic heterocycles. The summed E-state index contributed by atoms with van der Waals surface area (Å²) >= 11 is 14.2. The molecular formula is C6H10O4S4Zn. The van der Waals surface area contributed by atoms with Gasteiger partial charge in [-0.15, -0.1) is 0 Å². The predicted octanol–water partition coefficient (Wildman–Crippen LogP) is -1.38. The van der Waals surface area contributed by atoms with Gasteiger partial charge in [0.25, 0.3) is 0 Å². The van der Waals surface area contributed by atoms with Crippen molar-refractivity contribution in [1.82, 2.24) is 0 Å². The van der Waals surface area contributed by atoms with Gasteiger partial charge in [-0.2, -0.15) is 50.5 Å². The molecular weight excluding hydrogens is 330 g/mol. The van der Waals surface area contributed by atoms with E-state index in [0.29, 0.717) is 0 Å². The van der Waals surface area contributed by atoms with Crippen LogP contribution in [0.3, 0.4) is 0 Å². The first kappa shape index (κ1) is 21.3. The molecule has 0 aromatic carbocycles. The minimum absolute atomic E-state index is 0. The number of aliphatic carboxylic acids is 2. The van der Waals surface area contributed by atoms with Gasteiger partial charge in [-0.05, 0) is 13.8 Å². The first-order valence-electron chi connectivity index (χ1n) is 3.21. The number of carboxylic acids is 2. The zero-order valence-electron chi connectivity index (χ0n) is 8.13. The fourth-order valence-corrected chi connectivity index (χ4v) is 0. The zero-order valence-corrected chi connectivity index (χ0v) is 14.7. The molecule has 0 radical (unpaired) electrons. The Bertz CT molecular complexity index is 196. The number of carbonyl (C=O) groups is 2. The van der Waals surface area contributed by atoms with Gasteiger partial charge in [0.1, 0.15) is 0 Å². The molecule has 9 heteroatoms. The van der Waals surface area contributed by atoms with E-state index in [1.165, 1.54) is 13.8 Å². The SMILES string of the molecule is CC(S)(S)C(=O)[O-].CC(S)(S)C(=O)[O-].[Zn+2]. The van der Waals surface area contributed by atoms with E-state index < -0.39 is 20.1 Å². The largest absolute Gasteiger partial charge is 2.00 e. The van der Waals surface area contributed by atoms with E-state index in [0.717, 1.165) is 0 Å². The van der Waals surface area contributed by atoms with E-state index in [4.69, 9.17) is 0 Å². The van der Waals surface area contributed by atoms with Crippen LogP contribution in [0.15, 0.2) is 0 Å². The maximum atomic E-state index is 9.76. The Kier molecular flexibility index (Phi) is 11.5. The quantitative estimate of drug-likeness (QED) is 0.284. The molecule has 0 fully saturated rings. The van der Waals surface area contributed by atoms with Crippen LogP contribution < -0.4 is 10.2 Å². The van der Waals surface area contributed by atoms with Crippen molar-refractivity contribution in [2.45, 2.75) is 22.0 Å². The van der Waals surface area contributed by atoms with E-state index in [9.17, 15) is 19.8 Å². The molecule has 4 nitrogen and oxygen atoms in total. The topological polar surface area (TPSA) is 80.3 Å². The van der Waals surface area contributed by atoms with Gasteiger partial charge < -0.3 is 19.8 Å². The van der Waals surface area contributed by atoms with E-state index in [1.807, 2.05) is 0 Å². The molecule has 0 bridgehead atoms. The molecule has 0 N–H and O–H groups in total. The minimum atomic E-state index is -1.31. The van der Waals surface area contributed by atoms with Crippen LogP contribution in [0.25, 0.3) is 0 Å². The predicted molar refractivity (Wildman–Crippen MR) is 62.8 cm³/mol. The van der Waals surface area contributed by atoms with Gasteiger partial charge in [0.2, 0.25) is 0 Å². The number of hydrogen-bond acceptors (Lipinski definition) is 8. The fraction of sp³-hybridized carbons (Fsp3) is 0.667. The van der Waals surface area contributed by atoms with Crippen molar-refractivity contribution in [3.8, 4) is 0 Å². The molecule has 0 aromatic rings. The normalized spacial score (nSPS) is 10.5. The summed E-state index contributed by atoms with van der Waals surface area (Å²) in [4.78, 5) is 19.5. The van der Waals surface area contributed by atoms with Crippen LogP contribution in [0.5, 0.6) is 0 Å². The molecule has 0 saturated heterocycles. The van der Waals surface area contributed by atoms with Crippen LogP contribution in [0.2, 0.25) is 0 Å². The van der Waals surface area contributed by atoms with Gasteiger partial charge in [-0.3, -0.25) is 0 Å². The van der Waals surface area contributed by atoms with Crippen molar-refractivity contribution in [3.05, 3.63) is 0 Å². The summed E-state index contributed by atoms with van der Waals surface area (Å²) in [5, 5.41) is 19.5. The van der Waals surface area contributed by atoms with Gasteiger partial charge in [0.05, 0.1) is 20.1 Å². The second-order valence-electron chi connectivity index (χ2n) is 2.62. The van der Waals surface area contributed by atoms with Crippen LogP contribution in [0, 0.1) is 0 Å². The first-order valence-corrected chi connectivity index (χ1v) is 5.00. The Labute approximate surface area is 123 Å². The number of thiol groups is 4. The molecule has 84 valence electrons. The average molecular weight is 340 g/mol. The Hall–Kier alpha value is 0.963. The van der Waals surface area contributed by atoms with Crippen molar-refractivity contribution >= 4 is 62.5 Å². The second kappa shape index (κ2) is 8.11. The van der Waals surface area contributed by atoms with Crippen molar-refractivity contribution < 1.29 is 39.3 Å². The summed E-state index contributed by atoms with van der Waals surface area (Å²) in [7, 11) is 0. The summed E-state index contributed by atoms with van der Waals surface area (Å²) in [6.07, 6.45) is 0. The van der Waals surface area contributed by atoms with Crippen LogP contribution in [-0.2, 0) is 29.1 Å². The summed E-state index contributed by atoms with van der Waals surface area (Å²) in [6, 6.07) is 0. The van der Waals surface area contributed by atoms with Crippen molar-refractivity contribution in [3.63, 3.8) is 0 Å². The molecule has 0 unspecified atom stereocenters. The third-order valence-corrected chi connectivity index (χ3v) is 1.50. The van der Waals surface area contributed by atoms with Crippen LogP contribution in [-0.4, -0.2) is 20.1 Å². The van der Waals surface area contributed by atoms with Gasteiger partial charge >= 0.3 is 19.5 Å². The monoisotopic (exact) mass is 338 g/mol. The Morgan fingerprint density at radius 1 is 0.867 bits per heavy atom. The third-order valence-electron chi connectivity index (χ3n) is 0.773. The van der Waals surface area contributed by atoms with Gasteiger partial charge in [-0.25, -0.2) is 0 Å². The molecule has 15 heavy (non-hydrogen) atoms. The Morgan fingerprint density at radius 3 is 0.933 bits per heavy atom. The first-order chi connectivity index (χ1) is 5.89. The molecule has 0 aliphatic rings. The summed E-state index contributed by atoms with van der Waals surface area (Å²) < 4.78 is -2.61. The van der Waals surface area contributed by atoms with Crippen molar-refractivity contribution in [1.29, 1.82) is 0 Å². The molecule has 0 heterocycles. The molecule has 0 spiro atoms. The summed E-state index contributed by atoms with van der Waals surface area (Å²) in [6.45, 7) is 2.66. The van der Waals surface area contributed by atoms with E-state index >= 15 is 0 Å². The van der Waals surface area contributed by atoms with Crippen LogP contribution >= 0.6 is 50.5 Å². The van der Waals surface area contributed by atoms with Gasteiger partial charge in [0, 0.05) is 0 Å². The maximum Gasteiger partial charge on any atom is 2.00 e. The smallest absolute Gasteiger partial charge is 0.548 e. The molecule has 0 amide bonds. The molecule has 0 rings (SSSR count). The molecule has 0 aromatic heterocycles. The van der Waals surface area contributed by atoms with Crippen molar-refractivity contribution in [2.75, 3.05) is 0 Å². The minimum Gasteiger partial charge on any atom is -0.548 e. The Balaban J connectivity index is -0.000000180. The van der Waals surface area contributed by atoms with E-state index in [1.54, 1.807) is 0 Å². The summed E-state index contributed by atoms with van der Waals surface area (Å²) in [5.41, 5.74) is 0. The fourth-order valence-electron chi connectivity index (χ4n) is 0. The standard InChI is InChI=1S/2C3H6O2S2.Zn/c2*1-3(6,7)2(4)5;/h2*6-7H,1H3,(H,4,5);/q;;+2/p-2. The van der Waals surface area contributed by atoms with E-state index in [-0.39, 0.29) is 19.5 Å². The van der Waals surface area contributed by atoms with E-state index in [2.05, 4.69) is 50.5 Å². The summed E-state index contributed by atoms with van der Waals surface area (Å²) in [5.74, 6) is -2.56. The number of carbonyl (C=O) groups excluding carboxylic acids is 2. The van der Waals surface area contributed by atoms with Crippen LogP contribution in [0.4, 0.5) is 0 Å². The number of carboxylic acid groups (broad SMARTS) is 2. The van der Waals surface area contributed by atoms with Crippen molar-refractivity contribution in [2.24, 2.45) is 0 Å². The maximum absolute atomic E-state index is 9.76. The molecule has 0 saturated carbocycles. The third kappa shape index (κ3) is 15.0. The zero-order chi connectivity index (χ0) is 12.2. The molecule has 0 atom stereocenters. The van der Waals surface area contributed by atoms with Crippen LogP contribution in [0.1, 0.15) is 13.8 Å². The van der Waals surface area contributed by atoms with Gasteiger partial charge in [0.15, 0.2) is 0 Å². The average Bonchev–Trinajstić information content (AvgIpc) is 1.83. The Morgan fingerprint density at radius 2 is 0.933 bits per heavy atom. The second-order valence-corrected chi connectivity index (χ2v) is 6.90.